The van der Waals surface area contributed by atoms with Crippen LogP contribution in [0.15, 0.2) is 219 Å². The molecule has 4 aliphatic rings. The predicted octanol–water partition coefficient (Wildman–Crippen LogP) is 12.6. The van der Waals surface area contributed by atoms with Crippen molar-refractivity contribution in [2.45, 2.75) is 31.4 Å². The molecule has 0 unspecified atom stereocenters. The van der Waals surface area contributed by atoms with Crippen molar-refractivity contribution < 1.29 is 99.0 Å². The van der Waals surface area contributed by atoms with Crippen molar-refractivity contribution in [3.63, 3.8) is 0 Å². The van der Waals surface area contributed by atoms with E-state index in [2.05, 4.69) is 0 Å². The Kier molecular flexibility index (Phi) is 18.7. The van der Waals surface area contributed by atoms with Gasteiger partial charge in [0.2, 0.25) is 0 Å². The Hall–Kier alpha value is -10.9. The molecule has 23 nitrogen and oxygen atoms in total. The molecule has 2 radical (unpaired) electrons. The van der Waals surface area contributed by atoms with Crippen LogP contribution < -0.4 is 19.9 Å². The van der Waals surface area contributed by atoms with E-state index >= 15 is 0 Å². The second-order valence-electron chi connectivity index (χ2n) is 24.5. The molecule has 10 heterocycles. The summed E-state index contributed by atoms with van der Waals surface area (Å²) in [4.78, 5) is 40.0. The summed E-state index contributed by atoms with van der Waals surface area (Å²) >= 11 is 0. The number of fused-ring (bicyclic) bond motifs is 16. The molecule has 0 aliphatic carbocycles. The molecule has 0 saturated carbocycles. The Morgan fingerprint density at radius 1 is 0.215 bits per heavy atom. The molecule has 530 valence electrons. The molecule has 0 spiro atoms. The molecule has 16 rings (SSSR count). The van der Waals surface area contributed by atoms with Gasteiger partial charge in [0.15, 0.2) is 0 Å². The first kappa shape index (κ1) is 73.0. The number of aromatic nitrogens is 8. The van der Waals surface area contributed by atoms with Gasteiger partial charge in [-0.05, 0) is 194 Å². The van der Waals surface area contributed by atoms with E-state index in [4.69, 9.17) is 39.9 Å². The van der Waals surface area contributed by atoms with Gasteiger partial charge in [0, 0.05) is 0 Å². The van der Waals surface area contributed by atoms with Gasteiger partial charge >= 0.3 is 34.1 Å². The van der Waals surface area contributed by atoms with Gasteiger partial charge in [-0.15, -0.1) is 44.1 Å². The summed E-state index contributed by atoms with van der Waals surface area (Å²) in [6, 6.07) is 47.5. The van der Waals surface area contributed by atoms with Crippen molar-refractivity contribution in [3.8, 4) is 77.9 Å². The van der Waals surface area contributed by atoms with E-state index in [9.17, 15) is 64.9 Å². The number of nitrogens with zero attached hydrogens (tertiary/aromatic N) is 8. The number of hydrogen-bond acceptors (Lipinski definition) is 19. The second-order valence-corrected chi connectivity index (χ2v) is 31.4. The Balaban J connectivity index is 0.00000480. The molecule has 0 atom stereocenters. The van der Waals surface area contributed by atoms with Crippen LogP contribution in [0.5, 0.6) is 0 Å². The molecule has 6 aromatic heterocycles. The summed E-state index contributed by atoms with van der Waals surface area (Å²) in [5.74, 6) is 0. The quantitative estimate of drug-likeness (QED) is 0.0809. The summed E-state index contributed by atoms with van der Waals surface area (Å²) in [6.45, 7) is 1.95. The van der Waals surface area contributed by atoms with Crippen LogP contribution in [-0.4, -0.2) is 84.8 Å². The van der Waals surface area contributed by atoms with Crippen molar-refractivity contribution in [2.24, 2.45) is 0 Å². The predicted molar refractivity (Wildman–Crippen MR) is 390 cm³/mol. The molecule has 107 heavy (non-hydrogen) atoms. The monoisotopic (exact) mass is 1590 g/mol. The van der Waals surface area contributed by atoms with Crippen molar-refractivity contribution in [2.75, 3.05) is 0 Å². The van der Waals surface area contributed by atoms with E-state index in [-0.39, 0.29) is 113 Å². The third-order valence-corrected chi connectivity index (χ3v) is 22.2. The van der Waals surface area contributed by atoms with E-state index in [1.54, 1.807) is 97.1 Å². The van der Waals surface area contributed by atoms with Crippen LogP contribution in [0.4, 0.5) is 0 Å². The van der Waals surface area contributed by atoms with E-state index in [0.717, 1.165) is 47.5 Å². The summed E-state index contributed by atoms with van der Waals surface area (Å²) in [7, 11) is -24.7. The van der Waals surface area contributed by atoms with Crippen LogP contribution in [0.3, 0.4) is 0 Å². The van der Waals surface area contributed by atoms with E-state index in [1.165, 1.54) is 84.9 Å². The zero-order valence-electron chi connectivity index (χ0n) is 54.6. The standard InChI is InChI=1S/C77H48N8O15S5.2Mn/c1-42-2-4-43(5-3-42)70-54-26-28-58(78-54)72(45-8-18-50(19-9-45)102(89,90)91)62-34-38-66(82-62)76(67-39-35-63(83-67)73(59-29-27-55(70)79-59)46-10-20-51(21-11-46)103(92,93)94)77-68-40-36-64(84-68)74(47-12-22-52(23-13-47)104(95,96)97)60-32-30-56(80-60)71(44-6-16-49(17-7-44)101(86,87)88)57-31-33-61(81-57)75(65-37-41-69(77)85-65)48-14-24-53(25-15-48)105(98,99)100;;/h2-41H,1H3,(H,86,87,88)(H,89,90,91)(H,92,93,94)(H,95,96,97)(H,98,99,100);;/q-4;2*+2/p-5. The van der Waals surface area contributed by atoms with Gasteiger partial charge in [0.25, 0.3) is 0 Å². The van der Waals surface area contributed by atoms with Crippen molar-refractivity contribution in [3.05, 3.63) is 245 Å². The molecule has 0 fully saturated rings. The average molecular weight is 1590 g/mol. The first-order chi connectivity index (χ1) is 50.0. The van der Waals surface area contributed by atoms with Crippen LogP contribution in [0, 0.1) is 6.92 Å². The largest absolute Gasteiger partial charge is 2.00 e. The van der Waals surface area contributed by atoms with E-state index in [0.29, 0.717) is 83.6 Å². The molecule has 16 bridgehead atoms. The Bertz CT molecular complexity index is 6740. The smallest absolute Gasteiger partial charge is 0.744 e. The molecule has 30 heteroatoms. The Morgan fingerprint density at radius 3 is 0.514 bits per heavy atom. The molecule has 4 aliphatic heterocycles. The van der Waals surface area contributed by atoms with Crippen LogP contribution >= 0.6 is 0 Å². The fourth-order valence-corrected chi connectivity index (χ4v) is 15.5. The second kappa shape index (κ2) is 27.5. The zero-order chi connectivity index (χ0) is 73.2. The minimum Gasteiger partial charge on any atom is -0.744 e. The maximum atomic E-state index is 12.5. The molecule has 0 saturated heterocycles. The fourth-order valence-electron chi connectivity index (χ4n) is 13.1. The molecule has 0 N–H and O–H groups in total. The van der Waals surface area contributed by atoms with E-state index in [1.807, 2.05) is 31.2 Å². The van der Waals surface area contributed by atoms with Crippen molar-refractivity contribution >= 4 is 143 Å². The van der Waals surface area contributed by atoms with Crippen molar-refractivity contribution in [1.82, 2.24) is 39.9 Å². The third kappa shape index (κ3) is 14.0. The third-order valence-electron chi connectivity index (χ3n) is 18.0. The minimum absolute atomic E-state index is 0. The van der Waals surface area contributed by atoms with Crippen LogP contribution in [0.25, 0.3) is 171 Å². The molecule has 12 aromatic rings. The molecule has 0 amide bonds. The summed E-state index contributed by atoms with van der Waals surface area (Å²) < 4.78 is 186. The van der Waals surface area contributed by atoms with E-state index < -0.39 is 75.1 Å². The maximum Gasteiger partial charge on any atom is 2.00 e. The number of aryl methyl sites for hydroxylation is 1. The van der Waals surface area contributed by atoms with Gasteiger partial charge in [-0.25, -0.2) is 62.0 Å². The fraction of sp³-hybridized carbons (Fsp3) is 0.0130. The molecular formula is C77H43Mn2N8O15S5-5. The van der Waals surface area contributed by atoms with Crippen molar-refractivity contribution in [1.29, 1.82) is 0 Å². The summed E-state index contributed by atoms with van der Waals surface area (Å²) in [5, 5.41) is 0. The molecular weight excluding hydrogens is 1550 g/mol. The van der Waals surface area contributed by atoms with Gasteiger partial charge in [0.1, 0.15) is 50.6 Å². The first-order valence-corrected chi connectivity index (χ1v) is 38.6. The topological polar surface area (TPSA) is 394 Å². The Labute approximate surface area is 631 Å². The van der Waals surface area contributed by atoms with Crippen LogP contribution in [0.2, 0.25) is 0 Å². The normalized spacial score (nSPS) is 12.8. The van der Waals surface area contributed by atoms with Crippen LogP contribution in [0.1, 0.15) is 51.1 Å². The minimum atomic E-state index is -4.96. The number of benzene rings is 6. The number of rotatable bonds is 12. The van der Waals surface area contributed by atoms with Gasteiger partial charge < -0.3 is 42.7 Å². The van der Waals surface area contributed by atoms with Crippen LogP contribution in [-0.2, 0) is 84.7 Å². The van der Waals surface area contributed by atoms with Gasteiger partial charge in [0.05, 0.1) is 70.0 Å². The average Bonchev–Trinajstić information content (AvgIpc) is 1.60. The van der Waals surface area contributed by atoms with Gasteiger partial charge in [-0.2, -0.15) is 0 Å². The van der Waals surface area contributed by atoms with Gasteiger partial charge in [-0.3, -0.25) is 0 Å². The summed E-state index contributed by atoms with van der Waals surface area (Å²) in [5.41, 5.74) is 10.8. The SMILES string of the molecule is Cc1ccc(-c2c3nc(c(-c4ccc(S(=O)(=O)[O-])cc4)c4ccc([n-]4)c(-c4c5nc(c(-c6ccc(S(=O)(=O)[O-])cc6)c6ccc([n-]6)c(-c6ccc(S(=O)(=O)[O-])cc6)c6nc(c(-c7ccc(S(=O)(=O)[O-])cc7)c7ccc4[n-]7)C=C6)C=C5)c4nc(c(-c5ccc(S(=O)(=O)[O-])cc5)c5ccc2[n-]5)C=C4)C=C3)cc1.[Mn+2].[Mn+2]. The first-order valence-electron chi connectivity index (χ1n) is 31.6. The number of hydrogen-bond donors (Lipinski definition) is 0. The summed E-state index contributed by atoms with van der Waals surface area (Å²) in [6.07, 6.45) is 13.7. The van der Waals surface area contributed by atoms with Gasteiger partial charge in [-0.1, -0.05) is 139 Å². The maximum absolute atomic E-state index is 12.5. The Morgan fingerprint density at radius 2 is 0.355 bits per heavy atom. The molecule has 6 aromatic carbocycles. The zero-order valence-corrected chi connectivity index (χ0v) is 61.0.